The van der Waals surface area contributed by atoms with Gasteiger partial charge < -0.3 is 10.1 Å². The molecule has 0 aliphatic carbocycles. The minimum atomic E-state index is -2.67. The van der Waals surface area contributed by atoms with Crippen LogP contribution in [0.5, 0.6) is 0 Å². The first kappa shape index (κ1) is 10.1. The van der Waals surface area contributed by atoms with E-state index in [1.54, 1.807) is 0 Å². The first-order chi connectivity index (χ1) is 4.17. The molecule has 1 heterocycles. The van der Waals surface area contributed by atoms with Crippen molar-refractivity contribution in [2.24, 2.45) is 0 Å². The summed E-state index contributed by atoms with van der Waals surface area (Å²) in [6.07, 6.45) is -0.933. The predicted molar refractivity (Wildman–Crippen MR) is 35.9 cm³/mol. The highest BCUT2D eigenvalue weighted by Crippen LogP contribution is 2.23. The molecule has 1 saturated heterocycles. The second-order valence-electron chi connectivity index (χ2n) is 2.12. The van der Waals surface area contributed by atoms with E-state index in [-0.39, 0.29) is 25.5 Å². The van der Waals surface area contributed by atoms with E-state index >= 15 is 0 Å². The maximum Gasteiger partial charge on any atom is 0.287 e. The molecule has 10 heavy (non-hydrogen) atoms. The van der Waals surface area contributed by atoms with Crippen molar-refractivity contribution in [2.75, 3.05) is 20.2 Å². The van der Waals surface area contributed by atoms with Crippen LogP contribution in [-0.2, 0) is 4.74 Å². The molecule has 5 heteroatoms. The molecule has 0 aromatic rings. The van der Waals surface area contributed by atoms with E-state index in [1.807, 2.05) is 0 Å². The Hall–Kier alpha value is 0.0700. The van der Waals surface area contributed by atoms with Crippen molar-refractivity contribution in [3.8, 4) is 0 Å². The second-order valence-corrected chi connectivity index (χ2v) is 2.12. The summed E-state index contributed by atoms with van der Waals surface area (Å²) in [6, 6.07) is 0. The lowest BCUT2D eigenvalue weighted by Gasteiger charge is -2.14. The van der Waals surface area contributed by atoms with E-state index in [1.165, 1.54) is 7.11 Å². The van der Waals surface area contributed by atoms with E-state index in [9.17, 15) is 8.78 Å². The fourth-order valence-electron chi connectivity index (χ4n) is 0.889. The van der Waals surface area contributed by atoms with Crippen molar-refractivity contribution < 1.29 is 13.5 Å². The number of rotatable bonds is 1. The molecule has 0 bridgehead atoms. The van der Waals surface area contributed by atoms with Gasteiger partial charge in [0.05, 0.1) is 6.54 Å². The average molecular weight is 174 g/mol. The van der Waals surface area contributed by atoms with E-state index < -0.39 is 12.0 Å². The number of hydrogen-bond donors (Lipinski definition) is 1. The minimum Gasteiger partial charge on any atom is -0.374 e. The molecule has 1 unspecified atom stereocenters. The summed E-state index contributed by atoms with van der Waals surface area (Å²) in [5.41, 5.74) is 0. The van der Waals surface area contributed by atoms with Gasteiger partial charge in [-0.25, -0.2) is 8.78 Å². The van der Waals surface area contributed by atoms with Crippen LogP contribution in [0.25, 0.3) is 0 Å². The normalized spacial score (nSPS) is 29.7. The highest BCUT2D eigenvalue weighted by Gasteiger charge is 2.44. The average Bonchev–Trinajstić information content (AvgIpc) is 2.08. The number of halogens is 3. The third-order valence-corrected chi connectivity index (χ3v) is 1.45. The maximum absolute atomic E-state index is 12.4. The molecule has 62 valence electrons. The van der Waals surface area contributed by atoms with Gasteiger partial charge in [-0.05, 0) is 0 Å². The molecule has 0 amide bonds. The zero-order valence-corrected chi connectivity index (χ0v) is 6.38. The monoisotopic (exact) mass is 173 g/mol. The van der Waals surface area contributed by atoms with Gasteiger partial charge in [0.2, 0.25) is 0 Å². The van der Waals surface area contributed by atoms with Crippen molar-refractivity contribution in [3.63, 3.8) is 0 Å². The van der Waals surface area contributed by atoms with Gasteiger partial charge in [-0.2, -0.15) is 0 Å². The third kappa shape index (κ3) is 1.78. The van der Waals surface area contributed by atoms with Gasteiger partial charge in [0.15, 0.2) is 0 Å². The summed E-state index contributed by atoms with van der Waals surface area (Å²) in [4.78, 5) is 0. The Morgan fingerprint density at radius 2 is 2.20 bits per heavy atom. The molecule has 0 spiro atoms. The van der Waals surface area contributed by atoms with Gasteiger partial charge in [-0.3, -0.25) is 0 Å². The zero-order valence-electron chi connectivity index (χ0n) is 5.56. The van der Waals surface area contributed by atoms with Gasteiger partial charge in [0.25, 0.3) is 5.92 Å². The lowest BCUT2D eigenvalue weighted by Crippen LogP contribution is -2.32. The highest BCUT2D eigenvalue weighted by atomic mass is 35.5. The second kappa shape index (κ2) is 3.46. The fourth-order valence-corrected chi connectivity index (χ4v) is 0.889. The van der Waals surface area contributed by atoms with Crippen molar-refractivity contribution in [1.29, 1.82) is 0 Å². The van der Waals surface area contributed by atoms with Crippen LogP contribution in [0.15, 0.2) is 0 Å². The summed E-state index contributed by atoms with van der Waals surface area (Å²) in [5, 5.41) is 2.54. The molecule has 0 saturated carbocycles. The van der Waals surface area contributed by atoms with Crippen molar-refractivity contribution in [1.82, 2.24) is 5.32 Å². The van der Waals surface area contributed by atoms with Crippen molar-refractivity contribution in [3.05, 3.63) is 0 Å². The van der Waals surface area contributed by atoms with E-state index in [0.29, 0.717) is 0 Å². The summed E-state index contributed by atoms with van der Waals surface area (Å²) in [5.74, 6) is -2.67. The van der Waals surface area contributed by atoms with Crippen LogP contribution in [0.1, 0.15) is 0 Å². The fraction of sp³-hybridized carbons (Fsp3) is 1.00. The van der Waals surface area contributed by atoms with Crippen LogP contribution in [0.4, 0.5) is 8.78 Å². The largest absolute Gasteiger partial charge is 0.374 e. The molecule has 0 aromatic heterocycles. The summed E-state index contributed by atoms with van der Waals surface area (Å²) in [7, 11) is 1.30. The number of methoxy groups -OCH3 is 1. The standard InChI is InChI=1S/C5H9F2NO.ClH/c1-9-4-2-8-3-5(4,6)7;/h4,8H,2-3H2,1H3;1H. The molecule has 2 nitrogen and oxygen atoms in total. The molecule has 1 aliphatic rings. The lowest BCUT2D eigenvalue weighted by molar-refractivity contribution is -0.0891. The molecule has 0 radical (unpaired) electrons. The topological polar surface area (TPSA) is 21.3 Å². The molecular formula is C5H10ClF2NO. The molecule has 1 atom stereocenters. The van der Waals surface area contributed by atoms with Gasteiger partial charge in [0, 0.05) is 13.7 Å². The van der Waals surface area contributed by atoms with Crippen LogP contribution in [-0.4, -0.2) is 32.2 Å². The first-order valence-corrected chi connectivity index (χ1v) is 2.78. The Bertz CT molecular complexity index is 112. The Balaban J connectivity index is 0.000000810. The van der Waals surface area contributed by atoms with Gasteiger partial charge in [-0.15, -0.1) is 12.4 Å². The van der Waals surface area contributed by atoms with Gasteiger partial charge in [0.1, 0.15) is 6.10 Å². The van der Waals surface area contributed by atoms with E-state index in [2.05, 4.69) is 10.1 Å². The van der Waals surface area contributed by atoms with Crippen LogP contribution < -0.4 is 5.32 Å². The zero-order chi connectivity index (χ0) is 6.91. The van der Waals surface area contributed by atoms with Gasteiger partial charge >= 0.3 is 0 Å². The number of alkyl halides is 2. The number of ether oxygens (including phenoxy) is 1. The summed E-state index contributed by atoms with van der Waals surface area (Å²) >= 11 is 0. The predicted octanol–water partition coefficient (Wildman–Crippen LogP) is 0.662. The Kier molecular flexibility index (Phi) is 3.48. The van der Waals surface area contributed by atoms with Crippen molar-refractivity contribution >= 4 is 12.4 Å². The molecule has 1 fully saturated rings. The summed E-state index contributed by atoms with van der Waals surface area (Å²) < 4.78 is 29.4. The molecular weight excluding hydrogens is 164 g/mol. The SMILES string of the molecule is COC1CNCC1(F)F.Cl. The van der Waals surface area contributed by atoms with E-state index in [0.717, 1.165) is 0 Å². The van der Waals surface area contributed by atoms with Crippen LogP contribution >= 0.6 is 12.4 Å². The van der Waals surface area contributed by atoms with Crippen LogP contribution in [0.3, 0.4) is 0 Å². The smallest absolute Gasteiger partial charge is 0.287 e. The van der Waals surface area contributed by atoms with Crippen LogP contribution in [0, 0.1) is 0 Å². The van der Waals surface area contributed by atoms with Crippen molar-refractivity contribution in [2.45, 2.75) is 12.0 Å². The number of nitrogens with one attached hydrogen (secondary N) is 1. The third-order valence-electron chi connectivity index (χ3n) is 1.45. The molecule has 1 N–H and O–H groups in total. The Morgan fingerprint density at radius 1 is 1.60 bits per heavy atom. The Morgan fingerprint density at radius 3 is 2.40 bits per heavy atom. The summed E-state index contributed by atoms with van der Waals surface area (Å²) in [6.45, 7) is -0.00495. The first-order valence-electron chi connectivity index (χ1n) is 2.78. The molecule has 1 aliphatic heterocycles. The van der Waals surface area contributed by atoms with Gasteiger partial charge in [-0.1, -0.05) is 0 Å². The Labute approximate surface area is 64.3 Å². The van der Waals surface area contributed by atoms with E-state index in [4.69, 9.17) is 0 Å². The highest BCUT2D eigenvalue weighted by molar-refractivity contribution is 5.85. The molecule has 1 rings (SSSR count). The molecule has 0 aromatic carbocycles. The maximum atomic E-state index is 12.4. The quantitative estimate of drug-likeness (QED) is 0.629. The lowest BCUT2D eigenvalue weighted by atomic mass is 10.2. The minimum absolute atomic E-state index is 0. The number of hydrogen-bond acceptors (Lipinski definition) is 2. The van der Waals surface area contributed by atoms with Crippen LogP contribution in [0.2, 0.25) is 0 Å².